The van der Waals surface area contributed by atoms with Crippen molar-refractivity contribution >= 4 is 5.97 Å². The first-order valence-corrected chi connectivity index (χ1v) is 4.76. The number of alkyl halides is 3. The summed E-state index contributed by atoms with van der Waals surface area (Å²) < 4.78 is 41.6. The summed E-state index contributed by atoms with van der Waals surface area (Å²) in [6, 6.07) is 0. The standard InChI is InChI=1S/C9H15F3O3/c1-3-5-6-8(14,9(10,11)12)7(13)15-4-2/h14H,3-6H2,1-2H3. The maximum atomic E-state index is 12.5. The minimum atomic E-state index is -4.99. The number of carbonyl (C=O) groups is 1. The van der Waals surface area contributed by atoms with Gasteiger partial charge in [0.15, 0.2) is 0 Å². The van der Waals surface area contributed by atoms with E-state index < -0.39 is 24.2 Å². The zero-order valence-electron chi connectivity index (χ0n) is 8.73. The van der Waals surface area contributed by atoms with Crippen LogP contribution in [0, 0.1) is 0 Å². The van der Waals surface area contributed by atoms with Gasteiger partial charge in [-0.1, -0.05) is 13.3 Å². The van der Waals surface area contributed by atoms with Gasteiger partial charge >= 0.3 is 12.1 Å². The van der Waals surface area contributed by atoms with E-state index in [9.17, 15) is 23.1 Å². The molecule has 1 atom stereocenters. The average Bonchev–Trinajstić information content (AvgIpc) is 2.12. The molecule has 90 valence electrons. The summed E-state index contributed by atoms with van der Waals surface area (Å²) in [7, 11) is 0. The molecule has 0 radical (unpaired) electrons. The highest BCUT2D eigenvalue weighted by atomic mass is 19.4. The zero-order valence-corrected chi connectivity index (χ0v) is 8.73. The van der Waals surface area contributed by atoms with Crippen LogP contribution in [0.25, 0.3) is 0 Å². The maximum Gasteiger partial charge on any atom is 0.428 e. The molecule has 0 bridgehead atoms. The molecule has 15 heavy (non-hydrogen) atoms. The minimum absolute atomic E-state index is 0.106. The van der Waals surface area contributed by atoms with E-state index >= 15 is 0 Å². The number of carbonyl (C=O) groups excluding carboxylic acids is 1. The number of rotatable bonds is 5. The van der Waals surface area contributed by atoms with E-state index in [4.69, 9.17) is 0 Å². The largest absolute Gasteiger partial charge is 0.464 e. The molecule has 0 aliphatic rings. The molecule has 0 fully saturated rings. The summed E-state index contributed by atoms with van der Waals surface area (Å²) >= 11 is 0. The van der Waals surface area contributed by atoms with Gasteiger partial charge in [-0.3, -0.25) is 0 Å². The Hall–Kier alpha value is -0.780. The van der Waals surface area contributed by atoms with E-state index in [1.165, 1.54) is 6.92 Å². The molecule has 0 saturated carbocycles. The third kappa shape index (κ3) is 3.37. The lowest BCUT2D eigenvalue weighted by molar-refractivity contribution is -0.264. The van der Waals surface area contributed by atoms with Gasteiger partial charge in [-0.2, -0.15) is 13.2 Å². The first-order chi connectivity index (χ1) is 6.79. The van der Waals surface area contributed by atoms with E-state index in [0.717, 1.165) is 0 Å². The van der Waals surface area contributed by atoms with Crippen molar-refractivity contribution in [3.8, 4) is 0 Å². The fourth-order valence-electron chi connectivity index (χ4n) is 1.04. The summed E-state index contributed by atoms with van der Waals surface area (Å²) in [5.41, 5.74) is -3.36. The fraction of sp³-hybridized carbons (Fsp3) is 0.889. The number of halogens is 3. The monoisotopic (exact) mass is 228 g/mol. The third-order valence-electron chi connectivity index (χ3n) is 1.97. The topological polar surface area (TPSA) is 46.5 Å². The molecule has 3 nitrogen and oxygen atoms in total. The molecule has 0 saturated heterocycles. The highest BCUT2D eigenvalue weighted by Crippen LogP contribution is 2.35. The summed E-state index contributed by atoms with van der Waals surface area (Å²) in [6.45, 7) is 2.86. The van der Waals surface area contributed by atoms with Crippen molar-refractivity contribution in [3.63, 3.8) is 0 Å². The van der Waals surface area contributed by atoms with Gasteiger partial charge in [0, 0.05) is 0 Å². The van der Waals surface area contributed by atoms with E-state index in [1.807, 2.05) is 0 Å². The molecule has 0 spiro atoms. The maximum absolute atomic E-state index is 12.5. The van der Waals surface area contributed by atoms with Crippen molar-refractivity contribution in [2.75, 3.05) is 6.61 Å². The first-order valence-electron chi connectivity index (χ1n) is 4.76. The molecule has 1 N–H and O–H groups in total. The summed E-state index contributed by atoms with van der Waals surface area (Å²) in [5.74, 6) is -1.62. The summed E-state index contributed by atoms with van der Waals surface area (Å²) in [4.78, 5) is 11.0. The van der Waals surface area contributed by atoms with Crippen LogP contribution in [0.4, 0.5) is 13.2 Å². The Labute approximate surface area is 86.2 Å². The lowest BCUT2D eigenvalue weighted by Gasteiger charge is -2.27. The van der Waals surface area contributed by atoms with Gasteiger partial charge in [0.25, 0.3) is 5.60 Å². The van der Waals surface area contributed by atoms with Gasteiger partial charge in [0.05, 0.1) is 6.61 Å². The molecular formula is C9H15F3O3. The molecule has 6 heteroatoms. The molecule has 0 heterocycles. The van der Waals surface area contributed by atoms with Crippen molar-refractivity contribution in [3.05, 3.63) is 0 Å². The Balaban J connectivity index is 4.77. The number of esters is 1. The Morgan fingerprint density at radius 2 is 1.87 bits per heavy atom. The molecule has 0 aromatic rings. The smallest absolute Gasteiger partial charge is 0.428 e. The number of hydrogen-bond donors (Lipinski definition) is 1. The first kappa shape index (κ1) is 14.2. The van der Waals surface area contributed by atoms with Crippen molar-refractivity contribution in [1.82, 2.24) is 0 Å². The molecule has 0 aromatic carbocycles. The Morgan fingerprint density at radius 3 is 2.20 bits per heavy atom. The van der Waals surface area contributed by atoms with Crippen molar-refractivity contribution in [2.45, 2.75) is 44.9 Å². The third-order valence-corrected chi connectivity index (χ3v) is 1.97. The van der Waals surface area contributed by atoms with Crippen molar-refractivity contribution in [1.29, 1.82) is 0 Å². The van der Waals surface area contributed by atoms with E-state index in [1.54, 1.807) is 6.92 Å². The van der Waals surface area contributed by atoms with Gasteiger partial charge in [-0.25, -0.2) is 4.79 Å². The van der Waals surface area contributed by atoms with Gasteiger partial charge in [0.2, 0.25) is 0 Å². The van der Waals surface area contributed by atoms with Crippen LogP contribution in [-0.2, 0) is 9.53 Å². The molecule has 0 aliphatic heterocycles. The highest BCUT2D eigenvalue weighted by Gasteiger charge is 2.60. The number of aliphatic hydroxyl groups is 1. The van der Waals surface area contributed by atoms with Crippen LogP contribution in [0.2, 0.25) is 0 Å². The second kappa shape index (κ2) is 5.34. The molecular weight excluding hydrogens is 213 g/mol. The predicted octanol–water partition coefficient (Wildman–Crippen LogP) is 2.03. The number of ether oxygens (including phenoxy) is 1. The van der Waals surface area contributed by atoms with Gasteiger partial charge in [-0.05, 0) is 19.8 Å². The van der Waals surface area contributed by atoms with Crippen LogP contribution in [0.3, 0.4) is 0 Å². The Kier molecular flexibility index (Phi) is 5.07. The lowest BCUT2D eigenvalue weighted by atomic mass is 9.96. The SMILES string of the molecule is CCCCC(O)(C(=O)OCC)C(F)(F)F. The fourth-order valence-corrected chi connectivity index (χ4v) is 1.04. The van der Waals surface area contributed by atoms with Crippen LogP contribution in [0.5, 0.6) is 0 Å². The molecule has 0 amide bonds. The lowest BCUT2D eigenvalue weighted by Crippen LogP contribution is -2.52. The van der Waals surface area contributed by atoms with E-state index in [0.29, 0.717) is 6.42 Å². The van der Waals surface area contributed by atoms with Crippen LogP contribution in [0.15, 0.2) is 0 Å². The molecule has 0 rings (SSSR count). The molecule has 1 unspecified atom stereocenters. The van der Waals surface area contributed by atoms with Crippen LogP contribution in [0.1, 0.15) is 33.1 Å². The van der Waals surface area contributed by atoms with Gasteiger partial charge < -0.3 is 9.84 Å². The zero-order chi connectivity index (χ0) is 12.1. The Morgan fingerprint density at radius 1 is 1.33 bits per heavy atom. The second-order valence-electron chi connectivity index (χ2n) is 3.18. The van der Waals surface area contributed by atoms with Crippen LogP contribution >= 0.6 is 0 Å². The average molecular weight is 228 g/mol. The van der Waals surface area contributed by atoms with E-state index in [-0.39, 0.29) is 13.0 Å². The predicted molar refractivity (Wildman–Crippen MR) is 47.2 cm³/mol. The van der Waals surface area contributed by atoms with E-state index in [2.05, 4.69) is 4.74 Å². The second-order valence-corrected chi connectivity index (χ2v) is 3.18. The highest BCUT2D eigenvalue weighted by molar-refractivity contribution is 5.80. The quantitative estimate of drug-likeness (QED) is 0.732. The van der Waals surface area contributed by atoms with Crippen LogP contribution in [-0.4, -0.2) is 29.5 Å². The van der Waals surface area contributed by atoms with Gasteiger partial charge in [-0.15, -0.1) is 0 Å². The van der Waals surface area contributed by atoms with Crippen molar-refractivity contribution < 1.29 is 27.8 Å². The number of unbranched alkanes of at least 4 members (excludes halogenated alkanes) is 1. The minimum Gasteiger partial charge on any atom is -0.464 e. The summed E-state index contributed by atoms with van der Waals surface area (Å²) in [5, 5.41) is 9.28. The summed E-state index contributed by atoms with van der Waals surface area (Å²) in [6.07, 6.45) is -5.09. The number of hydrogen-bond acceptors (Lipinski definition) is 3. The molecule has 0 aromatic heterocycles. The molecule has 0 aliphatic carbocycles. The van der Waals surface area contributed by atoms with Crippen molar-refractivity contribution in [2.24, 2.45) is 0 Å². The normalized spacial score (nSPS) is 15.9. The van der Waals surface area contributed by atoms with Gasteiger partial charge in [0.1, 0.15) is 0 Å². The Bertz CT molecular complexity index is 215. The van der Waals surface area contributed by atoms with Crippen LogP contribution < -0.4 is 0 Å².